The highest BCUT2D eigenvalue weighted by Crippen LogP contribution is 2.31. The molecule has 1 aliphatic heterocycles. The summed E-state index contributed by atoms with van der Waals surface area (Å²) in [7, 11) is 0. The lowest BCUT2D eigenvalue weighted by atomic mass is 9.94. The Hall–Kier alpha value is -2.78. The van der Waals surface area contributed by atoms with Crippen molar-refractivity contribution in [1.29, 1.82) is 0 Å². The SMILES string of the molecule is CCCCC(CC)C(=O)NC(C(=O)N1CCN(C(=O)Nc2cccc(C(F)(F)F)c2)C(C)C1)C(C)CC. The van der Waals surface area contributed by atoms with Gasteiger partial charge in [-0.1, -0.05) is 53.0 Å². The number of amides is 4. The predicted molar refractivity (Wildman–Crippen MR) is 138 cm³/mol. The summed E-state index contributed by atoms with van der Waals surface area (Å²) in [6.07, 6.45) is -0.329. The first-order valence-corrected chi connectivity index (χ1v) is 13.3. The Bertz CT molecular complexity index is 924. The van der Waals surface area contributed by atoms with Crippen LogP contribution < -0.4 is 10.6 Å². The average Bonchev–Trinajstić information content (AvgIpc) is 2.86. The molecule has 1 heterocycles. The topological polar surface area (TPSA) is 81.8 Å². The zero-order valence-corrected chi connectivity index (χ0v) is 22.5. The molecule has 0 bridgehead atoms. The Morgan fingerprint density at radius 1 is 1.11 bits per heavy atom. The first kappa shape index (κ1) is 30.4. The predicted octanol–water partition coefficient (Wildman–Crippen LogP) is 5.52. The van der Waals surface area contributed by atoms with Gasteiger partial charge in [-0.05, 0) is 43.9 Å². The van der Waals surface area contributed by atoms with Gasteiger partial charge >= 0.3 is 12.2 Å². The van der Waals surface area contributed by atoms with Crippen LogP contribution in [0.4, 0.5) is 23.7 Å². The fourth-order valence-electron chi connectivity index (χ4n) is 4.55. The number of hydrogen-bond donors (Lipinski definition) is 2. The summed E-state index contributed by atoms with van der Waals surface area (Å²) in [5, 5.41) is 5.55. The zero-order chi connectivity index (χ0) is 27.8. The number of carbonyl (C=O) groups is 3. The minimum absolute atomic E-state index is 0.0543. The van der Waals surface area contributed by atoms with Crippen LogP contribution in [0.5, 0.6) is 0 Å². The highest BCUT2D eigenvalue weighted by Gasteiger charge is 2.36. The van der Waals surface area contributed by atoms with Crippen molar-refractivity contribution in [3.63, 3.8) is 0 Å². The molecule has 1 aromatic carbocycles. The molecule has 208 valence electrons. The van der Waals surface area contributed by atoms with E-state index in [4.69, 9.17) is 0 Å². The second kappa shape index (κ2) is 13.7. The molecular formula is C27H41F3N4O3. The van der Waals surface area contributed by atoms with Gasteiger partial charge < -0.3 is 20.4 Å². The molecule has 1 aliphatic rings. The normalized spacial score (nSPS) is 18.6. The number of nitrogens with zero attached hydrogens (tertiary/aromatic N) is 2. The number of hydrogen-bond acceptors (Lipinski definition) is 3. The molecule has 0 aliphatic carbocycles. The summed E-state index contributed by atoms with van der Waals surface area (Å²) in [5.41, 5.74) is -0.787. The first-order valence-electron chi connectivity index (χ1n) is 13.3. The standard InChI is InChI=1S/C27H41F3N4O3/c1-6-9-11-20(8-3)24(35)32-23(18(4)7-2)25(36)33-14-15-34(19(5)17-33)26(37)31-22-13-10-12-21(16-22)27(28,29)30/h10,12-13,16,18-20,23H,6-9,11,14-15,17H2,1-5H3,(H,31,37)(H,32,35). The van der Waals surface area contributed by atoms with Gasteiger partial charge in [0.25, 0.3) is 0 Å². The number of benzene rings is 1. The van der Waals surface area contributed by atoms with E-state index < -0.39 is 23.8 Å². The number of carbonyl (C=O) groups excluding carboxylic acids is 3. The summed E-state index contributed by atoms with van der Waals surface area (Å²) in [4.78, 5) is 42.4. The number of alkyl halides is 3. The van der Waals surface area contributed by atoms with E-state index in [-0.39, 0.29) is 55.0 Å². The molecule has 0 spiro atoms. The van der Waals surface area contributed by atoms with Crippen LogP contribution in [0.3, 0.4) is 0 Å². The molecule has 1 saturated heterocycles. The Kier molecular flexibility index (Phi) is 11.3. The number of nitrogens with one attached hydrogen (secondary N) is 2. The van der Waals surface area contributed by atoms with Crippen LogP contribution >= 0.6 is 0 Å². The number of piperazine rings is 1. The van der Waals surface area contributed by atoms with E-state index in [1.807, 2.05) is 20.8 Å². The molecule has 2 rings (SSSR count). The van der Waals surface area contributed by atoms with Crippen molar-refractivity contribution in [1.82, 2.24) is 15.1 Å². The average molecular weight is 527 g/mol. The number of urea groups is 1. The van der Waals surface area contributed by atoms with Gasteiger partial charge in [0.1, 0.15) is 6.04 Å². The summed E-state index contributed by atoms with van der Waals surface area (Å²) < 4.78 is 39.0. The van der Waals surface area contributed by atoms with E-state index >= 15 is 0 Å². The molecule has 0 radical (unpaired) electrons. The Balaban J connectivity index is 2.05. The Morgan fingerprint density at radius 3 is 2.38 bits per heavy atom. The molecule has 7 nitrogen and oxygen atoms in total. The van der Waals surface area contributed by atoms with Gasteiger partial charge in [-0.15, -0.1) is 0 Å². The van der Waals surface area contributed by atoms with Crippen LogP contribution in [-0.4, -0.2) is 59.4 Å². The highest BCUT2D eigenvalue weighted by molar-refractivity contribution is 5.91. The van der Waals surface area contributed by atoms with Crippen molar-refractivity contribution >= 4 is 23.5 Å². The summed E-state index contributed by atoms with van der Waals surface area (Å²) in [6, 6.07) is 2.96. The van der Waals surface area contributed by atoms with Gasteiger partial charge in [-0.25, -0.2) is 4.79 Å². The van der Waals surface area contributed by atoms with E-state index in [1.54, 1.807) is 11.8 Å². The highest BCUT2D eigenvalue weighted by atomic mass is 19.4. The molecule has 0 aromatic heterocycles. The van der Waals surface area contributed by atoms with Crippen LogP contribution in [-0.2, 0) is 15.8 Å². The molecule has 1 aromatic rings. The van der Waals surface area contributed by atoms with Crippen LogP contribution in [0, 0.1) is 11.8 Å². The second-order valence-corrected chi connectivity index (χ2v) is 9.95. The summed E-state index contributed by atoms with van der Waals surface area (Å²) in [6.45, 7) is 10.5. The van der Waals surface area contributed by atoms with E-state index in [0.29, 0.717) is 6.42 Å². The fourth-order valence-corrected chi connectivity index (χ4v) is 4.55. The van der Waals surface area contributed by atoms with Crippen molar-refractivity contribution in [2.24, 2.45) is 11.8 Å². The summed E-state index contributed by atoms with van der Waals surface area (Å²) >= 11 is 0. The molecule has 1 fully saturated rings. The third-order valence-electron chi connectivity index (χ3n) is 7.19. The lowest BCUT2D eigenvalue weighted by molar-refractivity contribution is -0.140. The van der Waals surface area contributed by atoms with Gasteiger partial charge in [0, 0.05) is 37.3 Å². The zero-order valence-electron chi connectivity index (χ0n) is 22.5. The number of unbranched alkanes of at least 4 members (excludes halogenated alkanes) is 1. The number of halogens is 3. The van der Waals surface area contributed by atoms with Gasteiger partial charge in [0.15, 0.2) is 0 Å². The second-order valence-electron chi connectivity index (χ2n) is 9.95. The third-order valence-corrected chi connectivity index (χ3v) is 7.19. The van der Waals surface area contributed by atoms with Crippen LogP contribution in [0.2, 0.25) is 0 Å². The van der Waals surface area contributed by atoms with E-state index in [2.05, 4.69) is 17.6 Å². The van der Waals surface area contributed by atoms with Crippen molar-refractivity contribution in [2.75, 3.05) is 25.0 Å². The van der Waals surface area contributed by atoms with Crippen LogP contribution in [0.15, 0.2) is 24.3 Å². The lowest BCUT2D eigenvalue weighted by Gasteiger charge is -2.41. The third kappa shape index (κ3) is 8.36. The Labute approximate surface area is 218 Å². The Morgan fingerprint density at radius 2 is 1.81 bits per heavy atom. The minimum Gasteiger partial charge on any atom is -0.344 e. The van der Waals surface area contributed by atoms with Crippen LogP contribution in [0.25, 0.3) is 0 Å². The molecule has 0 saturated carbocycles. The molecule has 37 heavy (non-hydrogen) atoms. The van der Waals surface area contributed by atoms with Crippen molar-refractivity contribution < 1.29 is 27.6 Å². The molecular weight excluding hydrogens is 485 g/mol. The maximum Gasteiger partial charge on any atom is 0.416 e. The molecule has 4 atom stereocenters. The summed E-state index contributed by atoms with van der Waals surface area (Å²) in [5.74, 6) is -0.452. The van der Waals surface area contributed by atoms with Crippen molar-refractivity contribution in [2.45, 2.75) is 85.0 Å². The van der Waals surface area contributed by atoms with Crippen molar-refractivity contribution in [3.05, 3.63) is 29.8 Å². The smallest absolute Gasteiger partial charge is 0.344 e. The molecule has 2 N–H and O–H groups in total. The molecule has 4 amide bonds. The monoisotopic (exact) mass is 526 g/mol. The number of rotatable bonds is 10. The maximum absolute atomic E-state index is 13.5. The van der Waals surface area contributed by atoms with Gasteiger partial charge in [0.2, 0.25) is 11.8 Å². The fraction of sp³-hybridized carbons (Fsp3) is 0.667. The largest absolute Gasteiger partial charge is 0.416 e. The van der Waals surface area contributed by atoms with E-state index in [9.17, 15) is 27.6 Å². The van der Waals surface area contributed by atoms with Gasteiger partial charge in [-0.2, -0.15) is 13.2 Å². The first-order chi connectivity index (χ1) is 17.4. The number of anilines is 1. The van der Waals surface area contributed by atoms with E-state index in [1.165, 1.54) is 17.0 Å². The lowest BCUT2D eigenvalue weighted by Crippen LogP contribution is -2.60. The van der Waals surface area contributed by atoms with Crippen molar-refractivity contribution in [3.8, 4) is 0 Å². The quantitative estimate of drug-likeness (QED) is 0.421. The minimum atomic E-state index is -4.51. The maximum atomic E-state index is 13.5. The van der Waals surface area contributed by atoms with Crippen LogP contribution in [0.1, 0.15) is 72.3 Å². The van der Waals surface area contributed by atoms with Gasteiger partial charge in [-0.3, -0.25) is 9.59 Å². The van der Waals surface area contributed by atoms with Gasteiger partial charge in [0.05, 0.1) is 5.56 Å². The molecule has 4 unspecified atom stereocenters. The molecule has 10 heteroatoms. The van der Waals surface area contributed by atoms with E-state index in [0.717, 1.165) is 37.8 Å².